The zero-order valence-electron chi connectivity index (χ0n) is 8.50. The number of aromatic amines is 1. The molecule has 1 amide bonds. The number of nitrogens with zero attached hydrogens (tertiary/aromatic N) is 1. The van der Waals surface area contributed by atoms with Gasteiger partial charge < -0.3 is 14.9 Å². The lowest BCUT2D eigenvalue weighted by Crippen LogP contribution is -2.40. The number of carbonyl (C=O) groups excluding carboxylic acids is 2. The van der Waals surface area contributed by atoms with Crippen LogP contribution in [-0.2, 0) is 9.59 Å². The van der Waals surface area contributed by atoms with E-state index >= 15 is 0 Å². The fourth-order valence-electron chi connectivity index (χ4n) is 1.34. The Bertz CT molecular complexity index is 508. The topological polar surface area (TPSA) is 76.2 Å². The normalized spacial score (nSPS) is 18.1. The van der Waals surface area contributed by atoms with Crippen molar-refractivity contribution >= 4 is 46.3 Å². The average Bonchev–Trinajstić information content (AvgIpc) is 2.83. The molecular weight excluding hydrogens is 260 g/mol. The van der Waals surface area contributed by atoms with Gasteiger partial charge in [0.1, 0.15) is 4.32 Å². The number of amides is 1. The van der Waals surface area contributed by atoms with Gasteiger partial charge in [-0.25, -0.2) is 0 Å². The number of carboxylic acids is 1. The third kappa shape index (κ3) is 2.56. The predicted octanol–water partition coefficient (Wildman–Crippen LogP) is -0.0342. The zero-order chi connectivity index (χ0) is 12.4. The first kappa shape index (κ1) is 11.9. The number of rotatable bonds is 3. The lowest BCUT2D eigenvalue weighted by Gasteiger charge is -2.14. The number of thioether (sulfide) groups is 1. The summed E-state index contributed by atoms with van der Waals surface area (Å²) in [6.07, 6.45) is 3.36. The summed E-state index contributed by atoms with van der Waals surface area (Å²) in [6.45, 7) is -0.507. The van der Waals surface area contributed by atoms with Gasteiger partial charge in [-0.15, -0.1) is 0 Å². The highest BCUT2D eigenvalue weighted by Gasteiger charge is 2.31. The van der Waals surface area contributed by atoms with Crippen molar-refractivity contribution in [2.24, 2.45) is 0 Å². The summed E-state index contributed by atoms with van der Waals surface area (Å²) >= 11 is 6.01. The molecule has 0 radical (unpaired) electrons. The molecular formula is C10H7N2O3S2-. The number of H-pyrrole nitrogens is 1. The van der Waals surface area contributed by atoms with Crippen LogP contribution >= 0.6 is 24.0 Å². The molecule has 0 bridgehead atoms. The molecule has 88 valence electrons. The van der Waals surface area contributed by atoms with E-state index in [0.29, 0.717) is 4.91 Å². The standard InChI is InChI=1S/C10H8N2O3S2/c13-8(14)5-12-9(15)7(17-10(12)16)4-6-2-1-3-11-6/h1-4,11H,5H2,(H,13,14)/p-1/b7-4-. The SMILES string of the molecule is O=C([O-])CN1C(=O)/C(=C/c2ccc[nH]2)SC1=S. The minimum atomic E-state index is -1.33. The lowest BCUT2D eigenvalue weighted by molar-refractivity contribution is -0.305. The Labute approximate surface area is 106 Å². The van der Waals surface area contributed by atoms with Crippen LogP contribution in [0, 0.1) is 0 Å². The molecule has 1 aliphatic rings. The summed E-state index contributed by atoms with van der Waals surface area (Å²) in [4.78, 5) is 26.6. The second-order valence-corrected chi connectivity index (χ2v) is 4.94. The smallest absolute Gasteiger partial charge is 0.266 e. The molecule has 1 fully saturated rings. The van der Waals surface area contributed by atoms with Gasteiger partial charge >= 0.3 is 0 Å². The molecule has 0 unspecified atom stereocenters. The first-order valence-corrected chi connectivity index (χ1v) is 5.89. The third-order valence-corrected chi connectivity index (χ3v) is 3.45. The number of nitrogens with one attached hydrogen (secondary N) is 1. The van der Waals surface area contributed by atoms with Gasteiger partial charge in [0.05, 0.1) is 17.4 Å². The van der Waals surface area contributed by atoms with Gasteiger partial charge in [0.15, 0.2) is 0 Å². The fourth-order valence-corrected chi connectivity index (χ4v) is 2.59. The highest BCUT2D eigenvalue weighted by molar-refractivity contribution is 8.26. The molecule has 1 saturated heterocycles. The van der Waals surface area contributed by atoms with E-state index in [4.69, 9.17) is 12.2 Å². The number of aromatic nitrogens is 1. The average molecular weight is 267 g/mol. The van der Waals surface area contributed by atoms with E-state index in [1.165, 1.54) is 0 Å². The Kier molecular flexibility index (Phi) is 3.30. The molecule has 5 nitrogen and oxygen atoms in total. The molecule has 1 aromatic rings. The van der Waals surface area contributed by atoms with Crippen molar-refractivity contribution < 1.29 is 14.7 Å². The second-order valence-electron chi connectivity index (χ2n) is 3.27. The van der Waals surface area contributed by atoms with E-state index in [1.807, 2.05) is 0 Å². The Morgan fingerprint density at radius 1 is 1.65 bits per heavy atom. The van der Waals surface area contributed by atoms with Gasteiger partial charge in [-0.3, -0.25) is 9.69 Å². The van der Waals surface area contributed by atoms with Gasteiger partial charge in [0.25, 0.3) is 5.91 Å². The molecule has 0 aliphatic carbocycles. The highest BCUT2D eigenvalue weighted by Crippen LogP contribution is 2.31. The summed E-state index contributed by atoms with van der Waals surface area (Å²) in [7, 11) is 0. The molecule has 0 aromatic carbocycles. The van der Waals surface area contributed by atoms with Gasteiger partial charge in [0, 0.05) is 11.9 Å². The molecule has 0 atom stereocenters. The molecule has 17 heavy (non-hydrogen) atoms. The van der Waals surface area contributed by atoms with Gasteiger partial charge in [-0.2, -0.15) is 0 Å². The van der Waals surface area contributed by atoms with Crippen LogP contribution in [0.3, 0.4) is 0 Å². The number of carboxylic acid groups (broad SMARTS) is 1. The van der Waals surface area contributed by atoms with E-state index in [-0.39, 0.29) is 4.32 Å². The van der Waals surface area contributed by atoms with Crippen molar-refractivity contribution in [1.29, 1.82) is 0 Å². The number of hydrogen-bond acceptors (Lipinski definition) is 5. The monoisotopic (exact) mass is 267 g/mol. The maximum Gasteiger partial charge on any atom is 0.266 e. The quantitative estimate of drug-likeness (QED) is 0.614. The van der Waals surface area contributed by atoms with Crippen molar-refractivity contribution in [1.82, 2.24) is 9.88 Å². The molecule has 2 rings (SSSR count). The predicted molar refractivity (Wildman–Crippen MR) is 65.7 cm³/mol. The number of hydrogen-bond donors (Lipinski definition) is 1. The summed E-state index contributed by atoms with van der Waals surface area (Å²) < 4.78 is 0.233. The van der Waals surface area contributed by atoms with Gasteiger partial charge in [0.2, 0.25) is 0 Å². The van der Waals surface area contributed by atoms with Crippen LogP contribution in [0.15, 0.2) is 23.2 Å². The van der Waals surface area contributed by atoms with Crippen LogP contribution in [0.4, 0.5) is 0 Å². The number of thiocarbonyl (C=S) groups is 1. The van der Waals surface area contributed by atoms with Gasteiger partial charge in [-0.05, 0) is 18.2 Å². The fraction of sp³-hybridized carbons (Fsp3) is 0.100. The Hall–Kier alpha value is -1.60. The molecule has 0 saturated carbocycles. The molecule has 7 heteroatoms. The largest absolute Gasteiger partial charge is 0.548 e. The van der Waals surface area contributed by atoms with Crippen molar-refractivity contribution in [3.8, 4) is 0 Å². The highest BCUT2D eigenvalue weighted by atomic mass is 32.2. The van der Waals surface area contributed by atoms with Crippen molar-refractivity contribution in [3.05, 3.63) is 28.9 Å². The Morgan fingerprint density at radius 3 is 3.00 bits per heavy atom. The molecule has 0 spiro atoms. The Morgan fingerprint density at radius 2 is 2.41 bits per heavy atom. The first-order chi connectivity index (χ1) is 8.08. The zero-order valence-corrected chi connectivity index (χ0v) is 10.1. The van der Waals surface area contributed by atoms with E-state index < -0.39 is 18.4 Å². The van der Waals surface area contributed by atoms with E-state index in [1.54, 1.807) is 24.4 Å². The maximum absolute atomic E-state index is 11.8. The van der Waals surface area contributed by atoms with E-state index in [9.17, 15) is 14.7 Å². The van der Waals surface area contributed by atoms with Crippen molar-refractivity contribution in [2.45, 2.75) is 0 Å². The van der Waals surface area contributed by atoms with Crippen LogP contribution < -0.4 is 5.11 Å². The minimum Gasteiger partial charge on any atom is -0.548 e. The van der Waals surface area contributed by atoms with E-state index in [2.05, 4.69) is 4.98 Å². The lowest BCUT2D eigenvalue weighted by atomic mass is 10.3. The maximum atomic E-state index is 11.8. The van der Waals surface area contributed by atoms with Crippen LogP contribution in [0.2, 0.25) is 0 Å². The van der Waals surface area contributed by atoms with Crippen LogP contribution in [0.1, 0.15) is 5.69 Å². The Balaban J connectivity index is 2.21. The van der Waals surface area contributed by atoms with Crippen LogP contribution in [-0.4, -0.2) is 32.6 Å². The summed E-state index contributed by atoms with van der Waals surface area (Å²) in [5.41, 5.74) is 0.763. The van der Waals surface area contributed by atoms with Crippen LogP contribution in [0.5, 0.6) is 0 Å². The molecule has 1 aliphatic heterocycles. The third-order valence-electron chi connectivity index (χ3n) is 2.07. The summed E-state index contributed by atoms with van der Waals surface area (Å²) in [5, 5.41) is 10.5. The molecule has 1 aromatic heterocycles. The molecule has 2 heterocycles. The molecule has 1 N–H and O–H groups in total. The van der Waals surface area contributed by atoms with Crippen molar-refractivity contribution in [3.63, 3.8) is 0 Å². The number of aliphatic carboxylic acids is 1. The van der Waals surface area contributed by atoms with Crippen LogP contribution in [0.25, 0.3) is 6.08 Å². The summed E-state index contributed by atoms with van der Waals surface area (Å²) in [5.74, 6) is -1.73. The number of carbonyl (C=O) groups is 2. The first-order valence-electron chi connectivity index (χ1n) is 4.66. The van der Waals surface area contributed by atoms with E-state index in [0.717, 1.165) is 22.4 Å². The second kappa shape index (κ2) is 4.72. The van der Waals surface area contributed by atoms with Gasteiger partial charge in [-0.1, -0.05) is 24.0 Å². The minimum absolute atomic E-state index is 0.233. The van der Waals surface area contributed by atoms with Crippen molar-refractivity contribution in [2.75, 3.05) is 6.54 Å². The summed E-state index contributed by atoms with van der Waals surface area (Å²) in [6, 6.07) is 3.60.